The molecule has 7 heteroatoms. The second kappa shape index (κ2) is 5.90. The summed E-state index contributed by atoms with van der Waals surface area (Å²) in [5.74, 6) is 0.671. The number of nitrogens with one attached hydrogen (secondary N) is 1. The summed E-state index contributed by atoms with van der Waals surface area (Å²) >= 11 is 3.16. The average Bonchev–Trinajstić information content (AvgIpc) is 3.02. The van der Waals surface area contributed by atoms with Gasteiger partial charge in [-0.05, 0) is 59.1 Å². The first-order valence-electron chi connectivity index (χ1n) is 7.72. The van der Waals surface area contributed by atoms with E-state index < -0.39 is 0 Å². The van der Waals surface area contributed by atoms with Gasteiger partial charge in [-0.15, -0.1) is 0 Å². The average molecular weight is 388 g/mol. The van der Waals surface area contributed by atoms with E-state index in [0.717, 1.165) is 25.1 Å². The van der Waals surface area contributed by atoms with Gasteiger partial charge in [-0.1, -0.05) is 0 Å². The largest absolute Gasteiger partial charge is 0.444 e. The minimum Gasteiger partial charge on any atom is -0.444 e. The van der Waals surface area contributed by atoms with Crippen molar-refractivity contribution >= 4 is 38.4 Å². The van der Waals surface area contributed by atoms with E-state index in [9.17, 15) is 9.59 Å². The molecule has 4 rings (SSSR count). The molecule has 2 aromatic heterocycles. The van der Waals surface area contributed by atoms with Gasteiger partial charge < -0.3 is 9.73 Å². The van der Waals surface area contributed by atoms with E-state index in [-0.39, 0.29) is 17.2 Å². The summed E-state index contributed by atoms with van der Waals surface area (Å²) in [6.45, 7) is 0.702. The Morgan fingerprint density at radius 1 is 1.25 bits per heavy atom. The Labute approximate surface area is 145 Å². The zero-order chi connectivity index (χ0) is 16.7. The van der Waals surface area contributed by atoms with Crippen molar-refractivity contribution in [3.63, 3.8) is 0 Å². The van der Waals surface area contributed by atoms with Crippen LogP contribution < -0.4 is 10.9 Å². The summed E-state index contributed by atoms with van der Waals surface area (Å²) in [4.78, 5) is 29.4. The predicted octanol–water partition coefficient (Wildman–Crippen LogP) is 3.34. The number of amides is 1. The van der Waals surface area contributed by atoms with Crippen molar-refractivity contribution in [1.82, 2.24) is 9.55 Å². The number of benzene rings is 1. The van der Waals surface area contributed by atoms with Crippen LogP contribution in [0.15, 0.2) is 44.2 Å². The molecule has 0 spiro atoms. The molecule has 0 atom stereocenters. The molecule has 1 N–H and O–H groups in total. The summed E-state index contributed by atoms with van der Waals surface area (Å²) in [5.41, 5.74) is 1.15. The van der Waals surface area contributed by atoms with Gasteiger partial charge in [0.15, 0.2) is 10.4 Å². The number of carbonyl (C=O) groups excluding carboxylic acids is 1. The van der Waals surface area contributed by atoms with Crippen molar-refractivity contribution in [2.75, 3.05) is 5.32 Å². The number of carbonyl (C=O) groups is 1. The monoisotopic (exact) mass is 387 g/mol. The molecular formula is C17H14BrN3O3. The lowest BCUT2D eigenvalue weighted by molar-refractivity contribution is 0.0995. The van der Waals surface area contributed by atoms with E-state index in [2.05, 4.69) is 26.2 Å². The number of rotatable bonds is 2. The van der Waals surface area contributed by atoms with Gasteiger partial charge in [0, 0.05) is 18.7 Å². The summed E-state index contributed by atoms with van der Waals surface area (Å²) in [6, 6.07) is 8.40. The van der Waals surface area contributed by atoms with Crippen molar-refractivity contribution in [3.05, 3.63) is 56.9 Å². The molecule has 122 valence electrons. The first-order valence-corrected chi connectivity index (χ1v) is 8.51. The lowest BCUT2D eigenvalue weighted by atomic mass is 10.1. The van der Waals surface area contributed by atoms with E-state index in [1.807, 2.05) is 0 Å². The number of nitrogens with zero attached hydrogens (tertiary/aromatic N) is 2. The van der Waals surface area contributed by atoms with Crippen molar-refractivity contribution in [2.45, 2.75) is 25.8 Å². The van der Waals surface area contributed by atoms with Crippen LogP contribution in [0.5, 0.6) is 0 Å². The molecule has 0 radical (unpaired) electrons. The van der Waals surface area contributed by atoms with Crippen LogP contribution in [-0.4, -0.2) is 15.5 Å². The van der Waals surface area contributed by atoms with Crippen LogP contribution >= 0.6 is 15.9 Å². The normalized spacial score (nSPS) is 13.7. The predicted molar refractivity (Wildman–Crippen MR) is 93.3 cm³/mol. The Kier molecular flexibility index (Phi) is 3.72. The maximum Gasteiger partial charge on any atom is 0.291 e. The molecule has 6 nitrogen and oxygen atoms in total. The van der Waals surface area contributed by atoms with E-state index in [1.165, 1.54) is 0 Å². The van der Waals surface area contributed by atoms with Crippen molar-refractivity contribution in [3.8, 4) is 0 Å². The minimum absolute atomic E-state index is 0.0495. The third-order valence-electron chi connectivity index (χ3n) is 4.12. The SMILES string of the molecule is O=C(Nc1ccc2nc3n(c(=O)c2c1)CCCC3)c1ccc(Br)o1. The van der Waals surface area contributed by atoms with Crippen LogP contribution in [-0.2, 0) is 13.0 Å². The fraction of sp³-hybridized carbons (Fsp3) is 0.235. The van der Waals surface area contributed by atoms with Crippen molar-refractivity contribution < 1.29 is 9.21 Å². The second-order valence-corrected chi connectivity index (χ2v) is 6.51. The molecule has 1 aliphatic heterocycles. The number of aryl methyl sites for hydroxylation is 1. The molecule has 0 saturated heterocycles. The molecule has 3 aromatic rings. The maximum absolute atomic E-state index is 12.7. The highest BCUT2D eigenvalue weighted by atomic mass is 79.9. The number of hydrogen-bond acceptors (Lipinski definition) is 4. The quantitative estimate of drug-likeness (QED) is 0.731. The number of hydrogen-bond donors (Lipinski definition) is 1. The van der Waals surface area contributed by atoms with Crippen LogP contribution in [0.1, 0.15) is 29.2 Å². The van der Waals surface area contributed by atoms with Crippen LogP contribution in [0.4, 0.5) is 5.69 Å². The van der Waals surface area contributed by atoms with E-state index >= 15 is 0 Å². The van der Waals surface area contributed by atoms with Gasteiger partial charge in [-0.2, -0.15) is 0 Å². The highest BCUT2D eigenvalue weighted by molar-refractivity contribution is 9.10. The van der Waals surface area contributed by atoms with Gasteiger partial charge in [-0.25, -0.2) is 4.98 Å². The summed E-state index contributed by atoms with van der Waals surface area (Å²) in [6.07, 6.45) is 2.88. The van der Waals surface area contributed by atoms with E-state index in [0.29, 0.717) is 27.8 Å². The number of halogens is 1. The Balaban J connectivity index is 1.71. The topological polar surface area (TPSA) is 77.1 Å². The Bertz CT molecular complexity index is 1010. The number of furan rings is 1. The van der Waals surface area contributed by atoms with Gasteiger partial charge in [0.25, 0.3) is 11.5 Å². The minimum atomic E-state index is -0.369. The van der Waals surface area contributed by atoms with Crippen molar-refractivity contribution in [1.29, 1.82) is 0 Å². The standard InChI is InChI=1S/C17H14BrN3O3/c18-14-7-6-13(24-14)16(22)19-10-4-5-12-11(9-10)17(23)21-8-2-1-3-15(21)20-12/h4-7,9H,1-3,8H2,(H,19,22). The zero-order valence-electron chi connectivity index (χ0n) is 12.7. The first kappa shape index (κ1) is 15.1. The molecule has 0 unspecified atom stereocenters. The molecule has 3 heterocycles. The number of fused-ring (bicyclic) bond motifs is 2. The number of anilines is 1. The molecule has 0 saturated carbocycles. The smallest absolute Gasteiger partial charge is 0.291 e. The summed E-state index contributed by atoms with van der Waals surface area (Å²) in [5, 5.41) is 3.25. The van der Waals surface area contributed by atoms with Crippen LogP contribution in [0.3, 0.4) is 0 Å². The Morgan fingerprint density at radius 3 is 2.92 bits per heavy atom. The van der Waals surface area contributed by atoms with Crippen molar-refractivity contribution in [2.24, 2.45) is 0 Å². The molecule has 1 aliphatic rings. The zero-order valence-corrected chi connectivity index (χ0v) is 14.3. The second-order valence-electron chi connectivity index (χ2n) is 5.73. The highest BCUT2D eigenvalue weighted by Crippen LogP contribution is 2.20. The third-order valence-corrected chi connectivity index (χ3v) is 4.55. The van der Waals surface area contributed by atoms with Gasteiger partial charge in [0.1, 0.15) is 5.82 Å². The molecule has 0 bridgehead atoms. The van der Waals surface area contributed by atoms with Crippen LogP contribution in [0.25, 0.3) is 10.9 Å². The number of aromatic nitrogens is 2. The molecule has 0 aliphatic carbocycles. The van der Waals surface area contributed by atoms with Crippen LogP contribution in [0, 0.1) is 0 Å². The molecule has 0 fully saturated rings. The first-order chi connectivity index (χ1) is 11.6. The highest BCUT2D eigenvalue weighted by Gasteiger charge is 2.16. The van der Waals surface area contributed by atoms with Crippen LogP contribution in [0.2, 0.25) is 0 Å². The fourth-order valence-corrected chi connectivity index (χ4v) is 3.25. The molecule has 1 amide bonds. The lowest BCUT2D eigenvalue weighted by Crippen LogP contribution is -2.28. The molecule has 1 aromatic carbocycles. The molecular weight excluding hydrogens is 374 g/mol. The summed E-state index contributed by atoms with van der Waals surface area (Å²) in [7, 11) is 0. The van der Waals surface area contributed by atoms with E-state index in [4.69, 9.17) is 4.42 Å². The Morgan fingerprint density at radius 2 is 2.12 bits per heavy atom. The van der Waals surface area contributed by atoms with Gasteiger partial charge in [0.05, 0.1) is 10.9 Å². The maximum atomic E-state index is 12.7. The summed E-state index contributed by atoms with van der Waals surface area (Å²) < 4.78 is 7.45. The van der Waals surface area contributed by atoms with Gasteiger partial charge >= 0.3 is 0 Å². The fourth-order valence-electron chi connectivity index (χ4n) is 2.95. The van der Waals surface area contributed by atoms with Gasteiger partial charge in [-0.3, -0.25) is 14.2 Å². The lowest BCUT2D eigenvalue weighted by Gasteiger charge is -2.18. The van der Waals surface area contributed by atoms with E-state index in [1.54, 1.807) is 34.9 Å². The third kappa shape index (κ3) is 2.65. The van der Waals surface area contributed by atoms with Gasteiger partial charge in [0.2, 0.25) is 0 Å². The molecule has 24 heavy (non-hydrogen) atoms. The Hall–Kier alpha value is -2.41.